The highest BCUT2D eigenvalue weighted by Gasteiger charge is 2.31. The van der Waals surface area contributed by atoms with E-state index in [-0.39, 0.29) is 35.3 Å². The molecule has 0 saturated heterocycles. The summed E-state index contributed by atoms with van der Waals surface area (Å²) >= 11 is 3.43. The molecule has 9 nitrogen and oxygen atoms in total. The molecule has 0 unspecified atom stereocenters. The molecule has 2 heterocycles. The summed E-state index contributed by atoms with van der Waals surface area (Å²) in [6.07, 6.45) is -0.124. The molecule has 0 aliphatic heterocycles. The maximum Gasteiger partial charge on any atom is 0.268 e. The number of aromatic amines is 2. The Bertz CT molecular complexity index is 1490. The van der Waals surface area contributed by atoms with Crippen LogP contribution < -0.4 is 10.6 Å². The molecule has 4 rings (SSSR count). The van der Waals surface area contributed by atoms with Gasteiger partial charge in [0.05, 0.1) is 24.1 Å². The molecule has 0 fully saturated rings. The van der Waals surface area contributed by atoms with Crippen LogP contribution in [0, 0.1) is 12.8 Å². The Balaban J connectivity index is 1.54. The Morgan fingerprint density at radius 1 is 0.947 bits per heavy atom. The van der Waals surface area contributed by atoms with Gasteiger partial charge >= 0.3 is 0 Å². The number of fused-ring (bicyclic) bond motifs is 1. The molecular formula is C28H29BrN4O5. The largest absolute Gasteiger partial charge is 0.494 e. The standard InChI is InChI=1S/C28H29BrN4O5/c1-14(2)24(25(35)23-15(3)26(36)33-28(23)38)32-22(34)13-20(16-7-5-4-6-8-16)31-27(37)21-12-17-11-18(29)9-10-19(17)30-21/h4-12,14,20,24,30,33,36,38H,13H2,1-3H3,(H,31,37)(H,32,34)/t20-,24-/m0/s1. The predicted octanol–water partition coefficient (Wildman–Crippen LogP) is 4.86. The number of hydrogen-bond donors (Lipinski definition) is 6. The normalized spacial score (nSPS) is 12.9. The van der Waals surface area contributed by atoms with Crippen LogP contribution in [0.5, 0.6) is 11.8 Å². The van der Waals surface area contributed by atoms with E-state index >= 15 is 0 Å². The van der Waals surface area contributed by atoms with E-state index in [1.54, 1.807) is 19.9 Å². The van der Waals surface area contributed by atoms with E-state index in [0.29, 0.717) is 5.69 Å². The van der Waals surface area contributed by atoms with E-state index in [0.717, 1.165) is 20.9 Å². The van der Waals surface area contributed by atoms with Crippen molar-refractivity contribution in [2.45, 2.75) is 39.3 Å². The Labute approximate surface area is 227 Å². The van der Waals surface area contributed by atoms with E-state index in [2.05, 4.69) is 36.5 Å². The Hall–Kier alpha value is -4.05. The lowest BCUT2D eigenvalue weighted by atomic mass is 9.93. The zero-order valence-corrected chi connectivity index (χ0v) is 22.7. The van der Waals surface area contributed by atoms with Gasteiger partial charge in [-0.25, -0.2) is 0 Å². The number of rotatable bonds is 9. The summed E-state index contributed by atoms with van der Waals surface area (Å²) < 4.78 is 0.891. The Morgan fingerprint density at radius 3 is 2.29 bits per heavy atom. The van der Waals surface area contributed by atoms with Crippen LogP contribution in [-0.4, -0.2) is 43.8 Å². The average molecular weight is 581 g/mol. The van der Waals surface area contributed by atoms with E-state index in [1.165, 1.54) is 6.92 Å². The molecule has 4 aromatic rings. The molecule has 2 aromatic heterocycles. The Morgan fingerprint density at radius 2 is 1.66 bits per heavy atom. The summed E-state index contributed by atoms with van der Waals surface area (Å²) in [4.78, 5) is 45.0. The van der Waals surface area contributed by atoms with Gasteiger partial charge in [-0.1, -0.05) is 60.1 Å². The monoisotopic (exact) mass is 580 g/mol. The second-order valence-electron chi connectivity index (χ2n) is 9.53. The number of ketones is 1. The average Bonchev–Trinajstić information content (AvgIpc) is 3.41. The van der Waals surface area contributed by atoms with Crippen molar-refractivity contribution in [1.29, 1.82) is 0 Å². The first-order valence-corrected chi connectivity index (χ1v) is 12.9. The van der Waals surface area contributed by atoms with Gasteiger partial charge in [0.15, 0.2) is 11.7 Å². The Kier molecular flexibility index (Phi) is 7.91. The van der Waals surface area contributed by atoms with Crippen LogP contribution in [0.15, 0.2) is 59.1 Å². The SMILES string of the molecule is Cc1c(O)[nH]c(O)c1C(=O)[C@@H](NC(=O)C[C@H](NC(=O)c1cc2cc(Br)ccc2[nH]1)c1ccccc1)C(C)C. The van der Waals surface area contributed by atoms with E-state index in [1.807, 2.05) is 48.5 Å². The molecule has 0 aliphatic carbocycles. The van der Waals surface area contributed by atoms with Gasteiger partial charge in [-0.05, 0) is 42.7 Å². The van der Waals surface area contributed by atoms with E-state index in [4.69, 9.17) is 0 Å². The van der Waals surface area contributed by atoms with Crippen molar-refractivity contribution in [2.75, 3.05) is 0 Å². The summed E-state index contributed by atoms with van der Waals surface area (Å²) in [5.74, 6) is -2.43. The van der Waals surface area contributed by atoms with Crippen molar-refractivity contribution in [3.05, 3.63) is 81.5 Å². The number of carbonyl (C=O) groups excluding carboxylic acids is 3. The zero-order chi connectivity index (χ0) is 27.6. The van der Waals surface area contributed by atoms with Crippen molar-refractivity contribution >= 4 is 44.4 Å². The molecule has 2 amide bonds. The first kappa shape index (κ1) is 27.0. The highest BCUT2D eigenvalue weighted by Crippen LogP contribution is 2.30. The minimum Gasteiger partial charge on any atom is -0.494 e. The second-order valence-corrected chi connectivity index (χ2v) is 10.4. The van der Waals surface area contributed by atoms with Gasteiger partial charge in [0.1, 0.15) is 5.69 Å². The highest BCUT2D eigenvalue weighted by atomic mass is 79.9. The molecule has 0 saturated carbocycles. The molecule has 0 spiro atoms. The number of nitrogens with one attached hydrogen (secondary N) is 4. The van der Waals surface area contributed by atoms with Crippen LogP contribution in [0.1, 0.15) is 58.3 Å². The topological polar surface area (TPSA) is 147 Å². The number of Topliss-reactive ketones (excluding diaryl/α,β-unsaturated/α-hetero) is 1. The summed E-state index contributed by atoms with van der Waals surface area (Å²) in [6.45, 7) is 5.04. The van der Waals surface area contributed by atoms with Crippen LogP contribution in [0.2, 0.25) is 0 Å². The van der Waals surface area contributed by atoms with Crippen LogP contribution in [0.3, 0.4) is 0 Å². The predicted molar refractivity (Wildman–Crippen MR) is 147 cm³/mol. The molecule has 6 N–H and O–H groups in total. The number of carbonyl (C=O) groups is 3. The third-order valence-corrected chi connectivity index (χ3v) is 6.93. The summed E-state index contributed by atoms with van der Waals surface area (Å²) in [5, 5.41) is 26.5. The van der Waals surface area contributed by atoms with Gasteiger partial charge < -0.3 is 25.8 Å². The fourth-order valence-electron chi connectivity index (χ4n) is 4.37. The minimum atomic E-state index is -0.957. The minimum absolute atomic E-state index is 0.0696. The maximum absolute atomic E-state index is 13.2. The first-order valence-electron chi connectivity index (χ1n) is 12.1. The van der Waals surface area contributed by atoms with Gasteiger partial charge in [0.2, 0.25) is 11.8 Å². The summed E-state index contributed by atoms with van der Waals surface area (Å²) in [6, 6.07) is 14.9. The molecule has 0 aliphatic rings. The number of benzene rings is 2. The van der Waals surface area contributed by atoms with Crippen LogP contribution in [-0.2, 0) is 4.79 Å². The fourth-order valence-corrected chi connectivity index (χ4v) is 4.75. The van der Waals surface area contributed by atoms with Gasteiger partial charge in [0.25, 0.3) is 5.91 Å². The van der Waals surface area contributed by atoms with Crippen LogP contribution in [0.25, 0.3) is 10.9 Å². The maximum atomic E-state index is 13.2. The highest BCUT2D eigenvalue weighted by molar-refractivity contribution is 9.10. The van der Waals surface area contributed by atoms with Gasteiger partial charge in [0, 0.05) is 20.9 Å². The van der Waals surface area contributed by atoms with Crippen molar-refractivity contribution in [3.8, 4) is 11.8 Å². The van der Waals surface area contributed by atoms with Crippen LogP contribution in [0.4, 0.5) is 0 Å². The van der Waals surface area contributed by atoms with Crippen LogP contribution >= 0.6 is 15.9 Å². The van der Waals surface area contributed by atoms with Gasteiger partial charge in [-0.2, -0.15) is 0 Å². The van der Waals surface area contributed by atoms with Gasteiger partial charge in [-0.15, -0.1) is 0 Å². The third-order valence-electron chi connectivity index (χ3n) is 6.44. The van der Waals surface area contributed by atoms with Crippen molar-refractivity contribution in [1.82, 2.24) is 20.6 Å². The molecule has 2 atom stereocenters. The van der Waals surface area contributed by atoms with Crippen molar-refractivity contribution in [3.63, 3.8) is 0 Å². The molecular weight excluding hydrogens is 552 g/mol. The quantitative estimate of drug-likeness (QED) is 0.156. The number of H-pyrrole nitrogens is 2. The second kappa shape index (κ2) is 11.1. The number of aromatic hydroxyl groups is 2. The number of hydrogen-bond acceptors (Lipinski definition) is 5. The third kappa shape index (κ3) is 5.75. The number of halogens is 1. The first-order chi connectivity index (χ1) is 18.0. The molecule has 0 radical (unpaired) electrons. The lowest BCUT2D eigenvalue weighted by Gasteiger charge is -2.24. The fraction of sp³-hybridized carbons (Fsp3) is 0.250. The summed E-state index contributed by atoms with van der Waals surface area (Å²) in [7, 11) is 0. The molecule has 38 heavy (non-hydrogen) atoms. The van der Waals surface area contributed by atoms with Gasteiger partial charge in [-0.3, -0.25) is 19.4 Å². The van der Waals surface area contributed by atoms with Crippen molar-refractivity contribution in [2.24, 2.45) is 5.92 Å². The summed E-state index contributed by atoms with van der Waals surface area (Å²) in [5.41, 5.74) is 2.02. The van der Waals surface area contributed by atoms with E-state index in [9.17, 15) is 24.6 Å². The lowest BCUT2D eigenvalue weighted by molar-refractivity contribution is -0.122. The molecule has 0 bridgehead atoms. The lowest BCUT2D eigenvalue weighted by Crippen LogP contribution is -2.45. The molecule has 2 aromatic carbocycles. The number of aromatic nitrogens is 2. The molecule has 198 valence electrons. The smallest absolute Gasteiger partial charge is 0.268 e. The van der Waals surface area contributed by atoms with Crippen molar-refractivity contribution < 1.29 is 24.6 Å². The van der Waals surface area contributed by atoms with E-state index < -0.39 is 29.7 Å². The number of amides is 2. The molecule has 10 heteroatoms. The zero-order valence-electron chi connectivity index (χ0n) is 21.1.